The van der Waals surface area contributed by atoms with Crippen LogP contribution in [0.15, 0.2) is 0 Å². The van der Waals surface area contributed by atoms with Crippen molar-refractivity contribution in [2.24, 2.45) is 5.41 Å². The molecule has 0 saturated heterocycles. The molecule has 0 N–H and O–H groups in total. The number of methoxy groups -OCH3 is 1. The normalized spacial score (nSPS) is 13.3. The quantitative estimate of drug-likeness (QED) is 0.553. The molecule has 0 radical (unpaired) electrons. The van der Waals surface area contributed by atoms with E-state index in [4.69, 9.17) is 4.74 Å². The van der Waals surface area contributed by atoms with Crippen LogP contribution in [0.1, 0.15) is 66.7 Å². The van der Waals surface area contributed by atoms with Crippen molar-refractivity contribution in [1.29, 1.82) is 0 Å². The lowest BCUT2D eigenvalue weighted by Gasteiger charge is -2.34. The van der Waals surface area contributed by atoms with Crippen molar-refractivity contribution in [3.05, 3.63) is 0 Å². The highest BCUT2D eigenvalue weighted by atomic mass is 16.5. The number of hydrogen-bond donors (Lipinski definition) is 0. The summed E-state index contributed by atoms with van der Waals surface area (Å²) in [6, 6.07) is 0. The van der Waals surface area contributed by atoms with E-state index >= 15 is 0 Å². The van der Waals surface area contributed by atoms with Crippen LogP contribution in [-0.4, -0.2) is 12.7 Å². The zero-order valence-corrected chi connectivity index (χ0v) is 10.9. The monoisotopic (exact) mass is 200 g/mol. The molecule has 86 valence electrons. The standard InChI is InChI=1S/C13H28O/c1-7-8-9-10-12(2,3)11-13(4,5)14-6/h7-11H2,1-6H3. The molecule has 0 aromatic carbocycles. The smallest absolute Gasteiger partial charge is 0.0627 e. The van der Waals surface area contributed by atoms with Gasteiger partial charge in [0, 0.05) is 7.11 Å². The first kappa shape index (κ1) is 14.0. The van der Waals surface area contributed by atoms with Gasteiger partial charge in [-0.05, 0) is 32.1 Å². The summed E-state index contributed by atoms with van der Waals surface area (Å²) in [6.45, 7) is 11.3. The second-order valence-corrected chi connectivity index (χ2v) is 5.76. The number of unbranched alkanes of at least 4 members (excludes halogenated alkanes) is 2. The Morgan fingerprint density at radius 2 is 1.57 bits per heavy atom. The number of rotatable bonds is 7. The number of hydrogen-bond acceptors (Lipinski definition) is 1. The van der Waals surface area contributed by atoms with Gasteiger partial charge >= 0.3 is 0 Å². The maximum absolute atomic E-state index is 5.48. The summed E-state index contributed by atoms with van der Waals surface area (Å²) < 4.78 is 5.48. The summed E-state index contributed by atoms with van der Waals surface area (Å²) in [7, 11) is 1.81. The summed E-state index contributed by atoms with van der Waals surface area (Å²) in [5, 5.41) is 0. The van der Waals surface area contributed by atoms with Gasteiger partial charge in [-0.2, -0.15) is 0 Å². The van der Waals surface area contributed by atoms with E-state index in [1.165, 1.54) is 25.7 Å². The Balaban J connectivity index is 3.93. The van der Waals surface area contributed by atoms with Crippen LogP contribution < -0.4 is 0 Å². The molecule has 1 nitrogen and oxygen atoms in total. The van der Waals surface area contributed by atoms with Gasteiger partial charge in [-0.3, -0.25) is 0 Å². The van der Waals surface area contributed by atoms with E-state index in [9.17, 15) is 0 Å². The van der Waals surface area contributed by atoms with E-state index in [-0.39, 0.29) is 5.60 Å². The Hall–Kier alpha value is -0.0400. The molecule has 0 amide bonds. The van der Waals surface area contributed by atoms with Gasteiger partial charge in [0.1, 0.15) is 0 Å². The molecule has 0 saturated carbocycles. The SMILES string of the molecule is CCCCCC(C)(C)CC(C)(C)OC. The molecular formula is C13H28O. The number of ether oxygens (including phenoxy) is 1. The van der Waals surface area contributed by atoms with E-state index in [0.29, 0.717) is 5.41 Å². The second-order valence-electron chi connectivity index (χ2n) is 5.76. The van der Waals surface area contributed by atoms with Gasteiger partial charge in [-0.15, -0.1) is 0 Å². The van der Waals surface area contributed by atoms with Gasteiger partial charge in [0.25, 0.3) is 0 Å². The molecule has 0 heterocycles. The van der Waals surface area contributed by atoms with Gasteiger partial charge in [-0.1, -0.05) is 40.0 Å². The second kappa shape index (κ2) is 5.75. The lowest BCUT2D eigenvalue weighted by Crippen LogP contribution is -2.30. The molecule has 0 aliphatic rings. The molecular weight excluding hydrogens is 172 g/mol. The zero-order chi connectivity index (χ0) is 11.2. The van der Waals surface area contributed by atoms with E-state index < -0.39 is 0 Å². The van der Waals surface area contributed by atoms with Crippen LogP contribution >= 0.6 is 0 Å². The highest BCUT2D eigenvalue weighted by Gasteiger charge is 2.27. The third-order valence-electron chi connectivity index (χ3n) is 2.91. The highest BCUT2D eigenvalue weighted by molar-refractivity contribution is 4.79. The van der Waals surface area contributed by atoms with E-state index in [2.05, 4.69) is 34.6 Å². The Kier molecular flexibility index (Phi) is 5.73. The van der Waals surface area contributed by atoms with Crippen LogP contribution in [-0.2, 0) is 4.74 Å². The summed E-state index contributed by atoms with van der Waals surface area (Å²) in [4.78, 5) is 0. The molecule has 0 aromatic heterocycles. The fourth-order valence-electron chi connectivity index (χ4n) is 2.17. The summed E-state index contributed by atoms with van der Waals surface area (Å²) in [5.41, 5.74) is 0.435. The molecule has 14 heavy (non-hydrogen) atoms. The van der Waals surface area contributed by atoms with E-state index in [1.807, 2.05) is 7.11 Å². The Morgan fingerprint density at radius 3 is 2.00 bits per heavy atom. The van der Waals surface area contributed by atoms with Crippen LogP contribution in [0.4, 0.5) is 0 Å². The molecule has 0 fully saturated rings. The van der Waals surface area contributed by atoms with Crippen LogP contribution in [0, 0.1) is 5.41 Å². The molecule has 0 aliphatic carbocycles. The van der Waals surface area contributed by atoms with Crippen molar-refractivity contribution in [3.8, 4) is 0 Å². The fourth-order valence-corrected chi connectivity index (χ4v) is 2.17. The van der Waals surface area contributed by atoms with Crippen molar-refractivity contribution in [2.75, 3.05) is 7.11 Å². The first-order valence-corrected chi connectivity index (χ1v) is 5.88. The Labute approximate surface area is 90.2 Å². The van der Waals surface area contributed by atoms with Gasteiger partial charge in [0.05, 0.1) is 5.60 Å². The Bertz CT molecular complexity index is 147. The average molecular weight is 200 g/mol. The van der Waals surface area contributed by atoms with Gasteiger partial charge in [0.15, 0.2) is 0 Å². The average Bonchev–Trinajstić information content (AvgIpc) is 2.03. The first-order valence-electron chi connectivity index (χ1n) is 5.88. The van der Waals surface area contributed by atoms with Gasteiger partial charge in [0.2, 0.25) is 0 Å². The van der Waals surface area contributed by atoms with Gasteiger partial charge < -0.3 is 4.74 Å². The van der Waals surface area contributed by atoms with Crippen molar-refractivity contribution in [1.82, 2.24) is 0 Å². The predicted octanol–water partition coefficient (Wildman–Crippen LogP) is 4.41. The van der Waals surface area contributed by atoms with E-state index in [0.717, 1.165) is 6.42 Å². The van der Waals surface area contributed by atoms with Crippen molar-refractivity contribution >= 4 is 0 Å². The van der Waals surface area contributed by atoms with Crippen LogP contribution in [0.25, 0.3) is 0 Å². The third kappa shape index (κ3) is 6.42. The van der Waals surface area contributed by atoms with Crippen LogP contribution in [0.5, 0.6) is 0 Å². The minimum Gasteiger partial charge on any atom is -0.379 e. The topological polar surface area (TPSA) is 9.23 Å². The lowest BCUT2D eigenvalue weighted by atomic mass is 9.78. The molecule has 0 aliphatic heterocycles. The molecule has 0 atom stereocenters. The molecule has 0 spiro atoms. The summed E-state index contributed by atoms with van der Waals surface area (Å²) >= 11 is 0. The van der Waals surface area contributed by atoms with E-state index in [1.54, 1.807) is 0 Å². The fraction of sp³-hybridized carbons (Fsp3) is 1.00. The van der Waals surface area contributed by atoms with Crippen LogP contribution in [0.2, 0.25) is 0 Å². The van der Waals surface area contributed by atoms with Crippen molar-refractivity contribution in [3.63, 3.8) is 0 Å². The molecule has 0 rings (SSSR count). The van der Waals surface area contributed by atoms with Crippen molar-refractivity contribution in [2.45, 2.75) is 72.3 Å². The molecule has 0 bridgehead atoms. The minimum atomic E-state index is 0.0235. The highest BCUT2D eigenvalue weighted by Crippen LogP contribution is 2.34. The summed E-state index contributed by atoms with van der Waals surface area (Å²) in [5.74, 6) is 0. The van der Waals surface area contributed by atoms with Gasteiger partial charge in [-0.25, -0.2) is 0 Å². The molecule has 0 unspecified atom stereocenters. The third-order valence-corrected chi connectivity index (χ3v) is 2.91. The van der Waals surface area contributed by atoms with Crippen molar-refractivity contribution < 1.29 is 4.74 Å². The largest absolute Gasteiger partial charge is 0.379 e. The molecule has 1 heteroatoms. The maximum atomic E-state index is 5.48. The zero-order valence-electron chi connectivity index (χ0n) is 10.9. The van der Waals surface area contributed by atoms with Crippen LogP contribution in [0.3, 0.4) is 0 Å². The first-order chi connectivity index (χ1) is 6.33. The minimum absolute atomic E-state index is 0.0235. The maximum Gasteiger partial charge on any atom is 0.0627 e. The lowest BCUT2D eigenvalue weighted by molar-refractivity contribution is -0.0150. The molecule has 0 aromatic rings. The summed E-state index contributed by atoms with van der Waals surface area (Å²) in [6.07, 6.45) is 6.47. The Morgan fingerprint density at radius 1 is 1.00 bits per heavy atom. The predicted molar refractivity (Wildman–Crippen MR) is 63.6 cm³/mol.